The summed E-state index contributed by atoms with van der Waals surface area (Å²) in [6.07, 6.45) is 4.70. The lowest BCUT2D eigenvalue weighted by Crippen LogP contribution is -2.13. The molecule has 1 aromatic heterocycles. The third-order valence-corrected chi connectivity index (χ3v) is 5.25. The summed E-state index contributed by atoms with van der Waals surface area (Å²) in [6.45, 7) is 0. The predicted molar refractivity (Wildman–Crippen MR) is 84.6 cm³/mol. The minimum Gasteiger partial charge on any atom is -0.384 e. The van der Waals surface area contributed by atoms with E-state index in [4.69, 9.17) is 11.1 Å². The normalized spacial score (nSPS) is 15.5. The third kappa shape index (κ3) is 2.96. The fourth-order valence-corrected chi connectivity index (χ4v) is 4.31. The number of nitrogens with zero attached hydrogens (tertiary/aromatic N) is 4. The summed E-state index contributed by atoms with van der Waals surface area (Å²) < 4.78 is 2.71. The fraction of sp³-hybridized carbons (Fsp3) is 0.385. The van der Waals surface area contributed by atoms with Crippen LogP contribution in [0, 0.1) is 5.41 Å². The molecule has 0 amide bonds. The number of nitrogen functional groups attached to an aromatic ring is 1. The summed E-state index contributed by atoms with van der Waals surface area (Å²) in [6, 6.07) is 6.11. The summed E-state index contributed by atoms with van der Waals surface area (Å²) in [4.78, 5) is 0.880. The van der Waals surface area contributed by atoms with Crippen molar-refractivity contribution < 1.29 is 0 Å². The van der Waals surface area contributed by atoms with Crippen LogP contribution in [0.3, 0.4) is 0 Å². The molecule has 1 fully saturated rings. The molecule has 1 aliphatic rings. The van der Waals surface area contributed by atoms with Crippen LogP contribution in [-0.2, 0) is 0 Å². The van der Waals surface area contributed by atoms with Gasteiger partial charge in [0.05, 0.1) is 6.04 Å². The molecule has 1 aliphatic carbocycles. The number of amidine groups is 1. The van der Waals surface area contributed by atoms with E-state index in [9.17, 15) is 0 Å². The average molecular weight is 367 g/mol. The highest BCUT2D eigenvalue weighted by atomic mass is 79.9. The van der Waals surface area contributed by atoms with Crippen molar-refractivity contribution in [1.29, 1.82) is 5.41 Å². The Kier molecular flexibility index (Phi) is 4.25. The molecule has 110 valence electrons. The first-order valence-corrected chi connectivity index (χ1v) is 8.36. The Morgan fingerprint density at radius 2 is 2.14 bits per heavy atom. The van der Waals surface area contributed by atoms with E-state index < -0.39 is 0 Å². The van der Waals surface area contributed by atoms with Crippen LogP contribution in [-0.4, -0.2) is 26.0 Å². The molecule has 21 heavy (non-hydrogen) atoms. The van der Waals surface area contributed by atoms with Gasteiger partial charge in [0.1, 0.15) is 5.84 Å². The molecule has 3 N–H and O–H groups in total. The molecule has 3 rings (SSSR count). The van der Waals surface area contributed by atoms with Gasteiger partial charge < -0.3 is 5.73 Å². The number of hydrogen-bond donors (Lipinski definition) is 2. The van der Waals surface area contributed by atoms with Gasteiger partial charge in [-0.2, -0.15) is 0 Å². The van der Waals surface area contributed by atoms with Crippen LogP contribution in [0.25, 0.3) is 0 Å². The summed E-state index contributed by atoms with van der Waals surface area (Å²) in [5.41, 5.74) is 6.37. The molecule has 0 atom stereocenters. The molecule has 1 saturated carbocycles. The van der Waals surface area contributed by atoms with Gasteiger partial charge in [-0.1, -0.05) is 18.9 Å². The fourth-order valence-electron chi connectivity index (χ4n) is 2.58. The number of hydrogen-bond acceptors (Lipinski definition) is 5. The first-order valence-electron chi connectivity index (χ1n) is 6.75. The molecule has 2 aromatic rings. The lowest BCUT2D eigenvalue weighted by Gasteiger charge is -2.12. The number of rotatable bonds is 4. The van der Waals surface area contributed by atoms with Crippen LogP contribution >= 0.6 is 27.7 Å². The zero-order valence-electron chi connectivity index (χ0n) is 11.3. The van der Waals surface area contributed by atoms with Gasteiger partial charge in [-0.3, -0.25) is 5.41 Å². The molecular weight excluding hydrogens is 352 g/mol. The lowest BCUT2D eigenvalue weighted by atomic mass is 10.2. The van der Waals surface area contributed by atoms with Crippen molar-refractivity contribution in [2.45, 2.75) is 41.8 Å². The van der Waals surface area contributed by atoms with Crippen LogP contribution in [0.5, 0.6) is 0 Å². The largest absolute Gasteiger partial charge is 0.384 e. The second-order valence-electron chi connectivity index (χ2n) is 4.97. The molecule has 0 saturated heterocycles. The number of aromatic nitrogens is 4. The van der Waals surface area contributed by atoms with Gasteiger partial charge in [-0.25, -0.2) is 4.68 Å². The van der Waals surface area contributed by atoms with Crippen LogP contribution < -0.4 is 5.73 Å². The SMILES string of the molecule is N=C(N)c1c(Br)cccc1Sc1nnnn1C1CCCC1. The van der Waals surface area contributed by atoms with Crippen molar-refractivity contribution in [3.05, 3.63) is 28.2 Å². The van der Waals surface area contributed by atoms with Crippen LogP contribution in [0.2, 0.25) is 0 Å². The van der Waals surface area contributed by atoms with E-state index in [0.29, 0.717) is 11.6 Å². The molecule has 0 radical (unpaired) electrons. The Labute approximate surface area is 135 Å². The van der Waals surface area contributed by atoms with Gasteiger partial charge in [-0.15, -0.1) is 5.10 Å². The van der Waals surface area contributed by atoms with Crippen molar-refractivity contribution in [3.8, 4) is 0 Å². The van der Waals surface area contributed by atoms with E-state index in [0.717, 1.165) is 27.4 Å². The minimum absolute atomic E-state index is 0.0323. The number of nitrogens with one attached hydrogen (secondary N) is 1. The molecule has 1 aromatic carbocycles. The molecule has 0 unspecified atom stereocenters. The number of benzene rings is 1. The van der Waals surface area contributed by atoms with Gasteiger partial charge in [0.2, 0.25) is 5.16 Å². The number of tetrazole rings is 1. The maximum absolute atomic E-state index is 7.74. The zero-order chi connectivity index (χ0) is 14.8. The zero-order valence-corrected chi connectivity index (χ0v) is 13.7. The Morgan fingerprint density at radius 1 is 1.38 bits per heavy atom. The second kappa shape index (κ2) is 6.15. The van der Waals surface area contributed by atoms with E-state index in [1.807, 2.05) is 22.9 Å². The minimum atomic E-state index is 0.0323. The highest BCUT2D eigenvalue weighted by Crippen LogP contribution is 2.36. The highest BCUT2D eigenvalue weighted by Gasteiger charge is 2.23. The van der Waals surface area contributed by atoms with Crippen molar-refractivity contribution >= 4 is 33.5 Å². The van der Waals surface area contributed by atoms with Gasteiger partial charge in [0.25, 0.3) is 0 Å². The predicted octanol–water partition coefficient (Wildman–Crippen LogP) is 2.99. The molecule has 0 aliphatic heterocycles. The summed E-state index contributed by atoms with van der Waals surface area (Å²) >= 11 is 4.90. The van der Waals surface area contributed by atoms with Gasteiger partial charge >= 0.3 is 0 Å². The highest BCUT2D eigenvalue weighted by molar-refractivity contribution is 9.10. The van der Waals surface area contributed by atoms with Crippen LogP contribution in [0.4, 0.5) is 0 Å². The van der Waals surface area contributed by atoms with Crippen molar-refractivity contribution in [2.24, 2.45) is 5.73 Å². The Morgan fingerprint density at radius 3 is 2.86 bits per heavy atom. The monoisotopic (exact) mass is 366 g/mol. The first kappa shape index (κ1) is 14.5. The smallest absolute Gasteiger partial charge is 0.214 e. The average Bonchev–Trinajstić information content (AvgIpc) is 3.08. The topological polar surface area (TPSA) is 93.5 Å². The quantitative estimate of drug-likeness (QED) is 0.640. The molecular formula is C13H15BrN6S. The lowest BCUT2D eigenvalue weighted by molar-refractivity contribution is 0.423. The molecule has 6 nitrogen and oxygen atoms in total. The van der Waals surface area contributed by atoms with Crippen molar-refractivity contribution in [3.63, 3.8) is 0 Å². The van der Waals surface area contributed by atoms with Gasteiger partial charge in [0.15, 0.2) is 0 Å². The van der Waals surface area contributed by atoms with Crippen molar-refractivity contribution in [2.75, 3.05) is 0 Å². The first-order chi connectivity index (χ1) is 10.2. The maximum atomic E-state index is 7.74. The maximum Gasteiger partial charge on any atom is 0.214 e. The molecule has 0 bridgehead atoms. The van der Waals surface area contributed by atoms with E-state index >= 15 is 0 Å². The van der Waals surface area contributed by atoms with Crippen LogP contribution in [0.15, 0.2) is 32.7 Å². The molecule has 0 spiro atoms. The standard InChI is InChI=1S/C13H15BrN6S/c14-9-6-3-7-10(11(9)12(15)16)21-13-17-18-19-20(13)8-4-1-2-5-8/h3,6-8H,1-2,4-5H2,(H3,15,16). The van der Waals surface area contributed by atoms with E-state index in [1.165, 1.54) is 24.6 Å². The second-order valence-corrected chi connectivity index (χ2v) is 6.84. The van der Waals surface area contributed by atoms with Gasteiger partial charge in [0, 0.05) is 14.9 Å². The Hall–Kier alpha value is -1.41. The molecule has 8 heteroatoms. The molecule has 1 heterocycles. The van der Waals surface area contributed by atoms with E-state index in [1.54, 1.807) is 0 Å². The van der Waals surface area contributed by atoms with Gasteiger partial charge in [-0.05, 0) is 63.1 Å². The third-order valence-electron chi connectivity index (χ3n) is 3.58. The van der Waals surface area contributed by atoms with Crippen LogP contribution in [0.1, 0.15) is 37.3 Å². The van der Waals surface area contributed by atoms with E-state index in [2.05, 4.69) is 31.5 Å². The number of nitrogens with two attached hydrogens (primary N) is 1. The summed E-state index contributed by atoms with van der Waals surface area (Å²) in [5, 5.41) is 20.6. The summed E-state index contributed by atoms with van der Waals surface area (Å²) in [7, 11) is 0. The Balaban J connectivity index is 1.93. The number of halogens is 1. The summed E-state index contributed by atoms with van der Waals surface area (Å²) in [5.74, 6) is 0.0323. The van der Waals surface area contributed by atoms with E-state index in [-0.39, 0.29) is 5.84 Å². The van der Waals surface area contributed by atoms with Crippen molar-refractivity contribution in [1.82, 2.24) is 20.2 Å². The Bertz CT molecular complexity index is 664.